The number of rotatable bonds is 8. The van der Waals surface area contributed by atoms with Crippen molar-refractivity contribution in [1.82, 2.24) is 14.5 Å². The quantitative estimate of drug-likeness (QED) is 0.533. The van der Waals surface area contributed by atoms with E-state index in [1.165, 1.54) is 5.56 Å². The van der Waals surface area contributed by atoms with E-state index in [0.29, 0.717) is 28.0 Å². The summed E-state index contributed by atoms with van der Waals surface area (Å²) in [7, 11) is -3.65. The third-order valence-electron chi connectivity index (χ3n) is 4.98. The van der Waals surface area contributed by atoms with Crippen LogP contribution in [-0.2, 0) is 21.2 Å². The molecule has 2 aromatic carbocycles. The number of nitrogens with one attached hydrogen (secondary N) is 1. The van der Waals surface area contributed by atoms with Crippen LogP contribution in [0.2, 0.25) is 5.02 Å². The summed E-state index contributed by atoms with van der Waals surface area (Å²) in [6, 6.07) is 14.4. The monoisotopic (exact) mass is 462 g/mol. The number of benzene rings is 2. The molecule has 1 heterocycles. The predicted octanol–water partition coefficient (Wildman–Crippen LogP) is 3.41. The SMILES string of the molecule is CC(C)(N)C(=O)NC(CCCc1ccccc1)c1nn(S(C)(=O)=O)c2ccc(Cl)cc12. The Morgan fingerprint density at radius 3 is 2.52 bits per heavy atom. The fourth-order valence-corrected chi connectivity index (χ4v) is 4.30. The molecule has 1 atom stereocenters. The highest BCUT2D eigenvalue weighted by atomic mass is 35.5. The topological polar surface area (TPSA) is 107 Å². The van der Waals surface area contributed by atoms with E-state index in [2.05, 4.69) is 10.4 Å². The smallest absolute Gasteiger partial charge is 0.251 e. The second-order valence-electron chi connectivity index (χ2n) is 8.28. The van der Waals surface area contributed by atoms with Crippen molar-refractivity contribution in [3.05, 3.63) is 64.8 Å². The lowest BCUT2D eigenvalue weighted by atomic mass is 9.99. The van der Waals surface area contributed by atoms with Gasteiger partial charge in [0.2, 0.25) is 5.91 Å². The fourth-order valence-electron chi connectivity index (χ4n) is 3.37. The largest absolute Gasteiger partial charge is 0.346 e. The zero-order valence-corrected chi connectivity index (χ0v) is 19.4. The maximum atomic E-state index is 12.7. The van der Waals surface area contributed by atoms with E-state index in [-0.39, 0.29) is 5.91 Å². The summed E-state index contributed by atoms with van der Waals surface area (Å²) >= 11 is 6.19. The van der Waals surface area contributed by atoms with Crippen molar-refractivity contribution < 1.29 is 13.2 Å². The van der Waals surface area contributed by atoms with E-state index in [1.54, 1.807) is 32.0 Å². The van der Waals surface area contributed by atoms with Crippen LogP contribution in [0.15, 0.2) is 48.5 Å². The number of aryl methyl sites for hydroxylation is 1. The molecule has 7 nitrogen and oxygen atoms in total. The first-order chi connectivity index (χ1) is 14.5. The molecule has 166 valence electrons. The van der Waals surface area contributed by atoms with Crippen LogP contribution < -0.4 is 11.1 Å². The van der Waals surface area contributed by atoms with Crippen LogP contribution in [0.1, 0.15) is 44.0 Å². The molecule has 3 N–H and O–H groups in total. The third-order valence-corrected chi connectivity index (χ3v) is 6.12. The van der Waals surface area contributed by atoms with E-state index in [0.717, 1.165) is 23.2 Å². The fraction of sp³-hybridized carbons (Fsp3) is 0.364. The Balaban J connectivity index is 2.00. The molecule has 1 amide bonds. The molecular weight excluding hydrogens is 436 g/mol. The van der Waals surface area contributed by atoms with Crippen molar-refractivity contribution in [1.29, 1.82) is 0 Å². The summed E-state index contributed by atoms with van der Waals surface area (Å²) < 4.78 is 25.6. The van der Waals surface area contributed by atoms with E-state index < -0.39 is 21.6 Å². The van der Waals surface area contributed by atoms with Gasteiger partial charge in [0.25, 0.3) is 10.0 Å². The number of hydrogen-bond acceptors (Lipinski definition) is 5. The number of carbonyl (C=O) groups is 1. The van der Waals surface area contributed by atoms with Crippen LogP contribution >= 0.6 is 11.6 Å². The van der Waals surface area contributed by atoms with Gasteiger partial charge in [-0.25, -0.2) is 8.42 Å². The van der Waals surface area contributed by atoms with Gasteiger partial charge in [0, 0.05) is 10.4 Å². The van der Waals surface area contributed by atoms with Crippen LogP contribution in [0.5, 0.6) is 0 Å². The van der Waals surface area contributed by atoms with Gasteiger partial charge in [0.05, 0.1) is 29.0 Å². The Bertz CT molecular complexity index is 1180. The molecule has 1 unspecified atom stereocenters. The van der Waals surface area contributed by atoms with Gasteiger partial charge in [-0.15, -0.1) is 0 Å². The lowest BCUT2D eigenvalue weighted by molar-refractivity contribution is -0.126. The van der Waals surface area contributed by atoms with Crippen molar-refractivity contribution in [3.63, 3.8) is 0 Å². The number of fused-ring (bicyclic) bond motifs is 1. The Kier molecular flexibility index (Phi) is 6.73. The Morgan fingerprint density at radius 2 is 1.90 bits per heavy atom. The molecule has 0 spiro atoms. The molecular formula is C22H27ClN4O3S. The Labute approximate surface area is 187 Å². The van der Waals surface area contributed by atoms with Gasteiger partial charge in [-0.1, -0.05) is 41.9 Å². The van der Waals surface area contributed by atoms with Crippen LogP contribution in [0.3, 0.4) is 0 Å². The lowest BCUT2D eigenvalue weighted by Crippen LogP contribution is -2.50. The van der Waals surface area contributed by atoms with Gasteiger partial charge in [-0.05, 0) is 56.9 Å². The van der Waals surface area contributed by atoms with Crippen molar-refractivity contribution in [3.8, 4) is 0 Å². The number of nitrogens with zero attached hydrogens (tertiary/aromatic N) is 2. The maximum absolute atomic E-state index is 12.7. The average molecular weight is 463 g/mol. The van der Waals surface area contributed by atoms with Gasteiger partial charge in [-0.3, -0.25) is 4.79 Å². The zero-order valence-electron chi connectivity index (χ0n) is 17.8. The molecule has 31 heavy (non-hydrogen) atoms. The van der Waals surface area contributed by atoms with Crippen molar-refractivity contribution in [2.24, 2.45) is 5.73 Å². The van der Waals surface area contributed by atoms with Gasteiger partial charge in [0.15, 0.2) is 0 Å². The molecule has 0 aliphatic heterocycles. The van der Waals surface area contributed by atoms with Crippen LogP contribution in [0.25, 0.3) is 10.9 Å². The number of hydrogen-bond donors (Lipinski definition) is 2. The van der Waals surface area contributed by atoms with Crippen LogP contribution in [0, 0.1) is 0 Å². The number of carbonyl (C=O) groups excluding carboxylic acids is 1. The van der Waals surface area contributed by atoms with Crippen molar-refractivity contribution in [2.45, 2.75) is 44.7 Å². The minimum absolute atomic E-state index is 0.346. The first-order valence-corrected chi connectivity index (χ1v) is 12.2. The van der Waals surface area contributed by atoms with E-state index in [4.69, 9.17) is 17.3 Å². The first-order valence-electron chi connectivity index (χ1n) is 9.99. The summed E-state index contributed by atoms with van der Waals surface area (Å²) in [6.45, 7) is 3.24. The van der Waals surface area contributed by atoms with Crippen molar-refractivity contribution in [2.75, 3.05) is 6.26 Å². The lowest BCUT2D eigenvalue weighted by Gasteiger charge is -2.23. The second-order valence-corrected chi connectivity index (χ2v) is 10.5. The van der Waals surface area contributed by atoms with Gasteiger partial charge >= 0.3 is 0 Å². The number of aromatic nitrogens is 2. The average Bonchev–Trinajstić information content (AvgIpc) is 3.06. The molecule has 0 radical (unpaired) electrons. The summed E-state index contributed by atoms with van der Waals surface area (Å²) in [4.78, 5) is 12.7. The summed E-state index contributed by atoms with van der Waals surface area (Å²) in [5.74, 6) is -0.346. The molecule has 0 saturated carbocycles. The highest BCUT2D eigenvalue weighted by Crippen LogP contribution is 2.30. The van der Waals surface area contributed by atoms with E-state index >= 15 is 0 Å². The molecule has 0 aliphatic carbocycles. The maximum Gasteiger partial charge on any atom is 0.251 e. The Morgan fingerprint density at radius 1 is 1.23 bits per heavy atom. The standard InChI is InChI=1S/C22H27ClN4O3S/c1-22(2,24)21(28)25-18(11-7-10-15-8-5-4-6-9-15)20-17-14-16(23)12-13-19(17)27(26-20)31(3,29)30/h4-6,8-9,12-14,18H,7,10-11,24H2,1-3H3,(H,25,28). The molecule has 0 fully saturated rings. The van der Waals surface area contributed by atoms with Crippen LogP contribution in [-0.4, -0.2) is 35.3 Å². The molecule has 0 aliphatic rings. The first kappa shape index (κ1) is 23.2. The minimum Gasteiger partial charge on any atom is -0.346 e. The van der Waals surface area contributed by atoms with Crippen LogP contribution in [0.4, 0.5) is 0 Å². The second kappa shape index (κ2) is 8.98. The Hall–Kier alpha value is -2.42. The highest BCUT2D eigenvalue weighted by molar-refractivity contribution is 7.89. The third kappa shape index (κ3) is 5.64. The molecule has 3 aromatic rings. The zero-order chi connectivity index (χ0) is 22.8. The van der Waals surface area contributed by atoms with E-state index in [1.807, 2.05) is 30.3 Å². The number of amides is 1. The molecule has 0 saturated heterocycles. The summed E-state index contributed by atoms with van der Waals surface area (Å²) in [5, 5.41) is 8.37. The molecule has 9 heteroatoms. The summed E-state index contributed by atoms with van der Waals surface area (Å²) in [6.07, 6.45) is 3.21. The molecule has 3 rings (SSSR count). The predicted molar refractivity (Wildman–Crippen MR) is 124 cm³/mol. The normalized spacial score (nSPS) is 13.3. The number of nitrogens with two attached hydrogens (primary N) is 1. The number of halogens is 1. The highest BCUT2D eigenvalue weighted by Gasteiger charge is 2.29. The van der Waals surface area contributed by atoms with Gasteiger partial charge in [-0.2, -0.15) is 9.19 Å². The van der Waals surface area contributed by atoms with Gasteiger partial charge < -0.3 is 11.1 Å². The molecule has 1 aromatic heterocycles. The van der Waals surface area contributed by atoms with Crippen molar-refractivity contribution >= 4 is 38.4 Å². The summed E-state index contributed by atoms with van der Waals surface area (Å²) in [5.41, 5.74) is 6.94. The van der Waals surface area contributed by atoms with E-state index in [9.17, 15) is 13.2 Å². The van der Waals surface area contributed by atoms with Gasteiger partial charge in [0.1, 0.15) is 0 Å². The molecule has 0 bridgehead atoms. The minimum atomic E-state index is -3.65.